The van der Waals surface area contributed by atoms with Crippen LogP contribution in [0.4, 0.5) is 4.39 Å². The first-order chi connectivity index (χ1) is 9.16. The van der Waals surface area contributed by atoms with Crippen LogP contribution < -0.4 is 5.32 Å². The third kappa shape index (κ3) is 3.61. The number of nitrogens with zero attached hydrogens (tertiary/aromatic N) is 1. The summed E-state index contributed by atoms with van der Waals surface area (Å²) in [6.07, 6.45) is 4.21. The van der Waals surface area contributed by atoms with Gasteiger partial charge in [-0.1, -0.05) is 6.07 Å². The van der Waals surface area contributed by atoms with Gasteiger partial charge < -0.3 is 5.32 Å². The molecule has 0 spiro atoms. The molecule has 0 aliphatic rings. The maximum Gasteiger partial charge on any atom is 0.251 e. The number of aromatic nitrogens is 1. The Labute approximate surface area is 111 Å². The van der Waals surface area contributed by atoms with Crippen molar-refractivity contribution >= 4 is 5.91 Å². The molecule has 0 radical (unpaired) electrons. The Bertz CT molecular complexity index is 570. The molecular weight excluding hydrogens is 243 g/mol. The van der Waals surface area contributed by atoms with E-state index in [1.807, 2.05) is 12.1 Å². The fourth-order valence-electron chi connectivity index (χ4n) is 1.75. The van der Waals surface area contributed by atoms with Crippen molar-refractivity contribution in [1.82, 2.24) is 10.3 Å². The maximum atomic E-state index is 13.1. The highest BCUT2D eigenvalue weighted by molar-refractivity contribution is 5.94. The van der Waals surface area contributed by atoms with Gasteiger partial charge in [-0.2, -0.15) is 0 Å². The van der Waals surface area contributed by atoms with Crippen LogP contribution in [-0.4, -0.2) is 17.4 Å². The standard InChI is InChI=1S/C15H15FN2O/c1-11-9-13(4-5-14(11)16)15(19)18-8-6-12-3-2-7-17-10-12/h2-5,7,9-10H,6,8H2,1H3,(H,18,19). The number of aryl methyl sites for hydroxylation is 1. The lowest BCUT2D eigenvalue weighted by Gasteiger charge is -2.06. The molecule has 0 saturated heterocycles. The Morgan fingerprint density at radius 3 is 2.89 bits per heavy atom. The van der Waals surface area contributed by atoms with E-state index < -0.39 is 0 Å². The number of nitrogens with one attached hydrogen (secondary N) is 1. The molecule has 3 nitrogen and oxygen atoms in total. The molecule has 2 rings (SSSR count). The Hall–Kier alpha value is -2.23. The van der Waals surface area contributed by atoms with E-state index in [2.05, 4.69) is 10.3 Å². The number of carbonyl (C=O) groups is 1. The molecule has 0 aliphatic heterocycles. The van der Waals surface area contributed by atoms with Gasteiger partial charge in [-0.3, -0.25) is 9.78 Å². The summed E-state index contributed by atoms with van der Waals surface area (Å²) in [5.41, 5.74) is 2.02. The number of halogens is 1. The summed E-state index contributed by atoms with van der Waals surface area (Å²) in [7, 11) is 0. The van der Waals surface area contributed by atoms with E-state index in [4.69, 9.17) is 0 Å². The zero-order chi connectivity index (χ0) is 13.7. The Morgan fingerprint density at radius 1 is 1.37 bits per heavy atom. The minimum atomic E-state index is -0.299. The molecular formula is C15H15FN2O. The van der Waals surface area contributed by atoms with Gasteiger partial charge >= 0.3 is 0 Å². The monoisotopic (exact) mass is 258 g/mol. The van der Waals surface area contributed by atoms with Crippen LogP contribution in [0.25, 0.3) is 0 Å². The predicted octanol–water partition coefficient (Wildman–Crippen LogP) is 2.50. The molecule has 1 amide bonds. The van der Waals surface area contributed by atoms with E-state index in [-0.39, 0.29) is 11.7 Å². The van der Waals surface area contributed by atoms with Crippen LogP contribution in [-0.2, 0) is 6.42 Å². The number of pyridine rings is 1. The highest BCUT2D eigenvalue weighted by Gasteiger charge is 2.07. The minimum Gasteiger partial charge on any atom is -0.352 e. The highest BCUT2D eigenvalue weighted by atomic mass is 19.1. The first-order valence-corrected chi connectivity index (χ1v) is 6.10. The van der Waals surface area contributed by atoms with Gasteiger partial charge in [0.05, 0.1) is 0 Å². The van der Waals surface area contributed by atoms with Crippen LogP contribution in [0, 0.1) is 12.7 Å². The molecule has 1 aromatic carbocycles. The molecule has 0 atom stereocenters. The molecule has 2 aromatic rings. The van der Waals surface area contributed by atoms with E-state index in [1.54, 1.807) is 25.4 Å². The van der Waals surface area contributed by atoms with E-state index in [0.717, 1.165) is 12.0 Å². The van der Waals surface area contributed by atoms with Crippen molar-refractivity contribution in [3.05, 3.63) is 65.2 Å². The molecule has 1 heterocycles. The highest BCUT2D eigenvalue weighted by Crippen LogP contribution is 2.09. The van der Waals surface area contributed by atoms with Crippen molar-refractivity contribution in [2.75, 3.05) is 6.54 Å². The molecule has 0 unspecified atom stereocenters. The van der Waals surface area contributed by atoms with Crippen LogP contribution in [0.3, 0.4) is 0 Å². The Balaban J connectivity index is 1.89. The van der Waals surface area contributed by atoms with Crippen LogP contribution in [0.1, 0.15) is 21.5 Å². The molecule has 19 heavy (non-hydrogen) atoms. The van der Waals surface area contributed by atoms with Crippen molar-refractivity contribution in [2.45, 2.75) is 13.3 Å². The van der Waals surface area contributed by atoms with Gasteiger partial charge in [0.25, 0.3) is 5.91 Å². The van der Waals surface area contributed by atoms with Crippen molar-refractivity contribution in [2.24, 2.45) is 0 Å². The van der Waals surface area contributed by atoms with Gasteiger partial charge in [-0.05, 0) is 48.7 Å². The third-order valence-corrected chi connectivity index (χ3v) is 2.84. The lowest BCUT2D eigenvalue weighted by Crippen LogP contribution is -2.25. The molecule has 1 N–H and O–H groups in total. The van der Waals surface area contributed by atoms with Crippen LogP contribution in [0.2, 0.25) is 0 Å². The van der Waals surface area contributed by atoms with Crippen molar-refractivity contribution in [1.29, 1.82) is 0 Å². The zero-order valence-corrected chi connectivity index (χ0v) is 10.7. The Morgan fingerprint density at radius 2 is 2.21 bits per heavy atom. The molecule has 1 aromatic heterocycles. The molecule has 0 saturated carbocycles. The number of rotatable bonds is 4. The SMILES string of the molecule is Cc1cc(C(=O)NCCc2cccnc2)ccc1F. The molecule has 98 valence electrons. The molecule has 4 heteroatoms. The summed E-state index contributed by atoms with van der Waals surface area (Å²) in [5, 5.41) is 2.80. The van der Waals surface area contributed by atoms with Gasteiger partial charge in [0.2, 0.25) is 0 Å². The zero-order valence-electron chi connectivity index (χ0n) is 10.7. The lowest BCUT2D eigenvalue weighted by atomic mass is 10.1. The summed E-state index contributed by atoms with van der Waals surface area (Å²) in [6.45, 7) is 2.17. The van der Waals surface area contributed by atoms with Gasteiger partial charge in [0.1, 0.15) is 5.82 Å². The maximum absolute atomic E-state index is 13.1. The number of hydrogen-bond donors (Lipinski definition) is 1. The van der Waals surface area contributed by atoms with Gasteiger partial charge in [0, 0.05) is 24.5 Å². The lowest BCUT2D eigenvalue weighted by molar-refractivity contribution is 0.0954. The normalized spacial score (nSPS) is 10.2. The number of amides is 1. The summed E-state index contributed by atoms with van der Waals surface area (Å²) >= 11 is 0. The Kier molecular flexibility index (Phi) is 4.23. The largest absolute Gasteiger partial charge is 0.352 e. The van der Waals surface area contributed by atoms with E-state index >= 15 is 0 Å². The van der Waals surface area contributed by atoms with Gasteiger partial charge in [-0.15, -0.1) is 0 Å². The van der Waals surface area contributed by atoms with E-state index in [9.17, 15) is 9.18 Å². The van der Waals surface area contributed by atoms with Crippen LogP contribution >= 0.6 is 0 Å². The molecule has 0 fully saturated rings. The predicted molar refractivity (Wildman–Crippen MR) is 71.4 cm³/mol. The number of benzene rings is 1. The first kappa shape index (κ1) is 13.2. The van der Waals surface area contributed by atoms with Gasteiger partial charge in [0.15, 0.2) is 0 Å². The third-order valence-electron chi connectivity index (χ3n) is 2.84. The van der Waals surface area contributed by atoms with Gasteiger partial charge in [-0.25, -0.2) is 4.39 Å². The average molecular weight is 258 g/mol. The smallest absolute Gasteiger partial charge is 0.251 e. The first-order valence-electron chi connectivity index (χ1n) is 6.10. The summed E-state index contributed by atoms with van der Waals surface area (Å²) < 4.78 is 13.1. The van der Waals surface area contributed by atoms with E-state index in [1.165, 1.54) is 12.1 Å². The summed E-state index contributed by atoms with van der Waals surface area (Å²) in [4.78, 5) is 15.9. The topological polar surface area (TPSA) is 42.0 Å². The van der Waals surface area contributed by atoms with Crippen molar-refractivity contribution in [3.8, 4) is 0 Å². The second kappa shape index (κ2) is 6.09. The number of hydrogen-bond acceptors (Lipinski definition) is 2. The quantitative estimate of drug-likeness (QED) is 0.915. The summed E-state index contributed by atoms with van der Waals surface area (Å²) in [6, 6.07) is 8.17. The fourth-order valence-corrected chi connectivity index (χ4v) is 1.75. The molecule has 0 bridgehead atoms. The van der Waals surface area contributed by atoms with Crippen LogP contribution in [0.15, 0.2) is 42.7 Å². The molecule has 0 aliphatic carbocycles. The van der Waals surface area contributed by atoms with Crippen molar-refractivity contribution < 1.29 is 9.18 Å². The fraction of sp³-hybridized carbons (Fsp3) is 0.200. The van der Waals surface area contributed by atoms with Crippen LogP contribution in [0.5, 0.6) is 0 Å². The summed E-state index contributed by atoms with van der Waals surface area (Å²) in [5.74, 6) is -0.487. The number of carbonyl (C=O) groups excluding carboxylic acids is 1. The average Bonchev–Trinajstić information content (AvgIpc) is 2.43. The minimum absolute atomic E-state index is 0.188. The van der Waals surface area contributed by atoms with Crippen molar-refractivity contribution in [3.63, 3.8) is 0 Å². The second-order valence-corrected chi connectivity index (χ2v) is 4.33. The second-order valence-electron chi connectivity index (χ2n) is 4.33. The van der Waals surface area contributed by atoms with E-state index in [0.29, 0.717) is 17.7 Å².